The molecule has 0 spiro atoms. The predicted octanol–water partition coefficient (Wildman–Crippen LogP) is 6.97. The minimum Gasteiger partial charge on any atom is -0.373 e. The average Bonchev–Trinajstić information content (AvgIpc) is 2.72. The van der Waals surface area contributed by atoms with Crippen molar-refractivity contribution in [2.45, 2.75) is 89.9 Å². The smallest absolute Gasteiger partial charge is 0.0357 e. The number of nitrogens with zero attached hydrogens (tertiary/aromatic N) is 2. The number of rotatable bonds is 0. The number of allylic oxidation sites excluding steroid dienone is 4. The van der Waals surface area contributed by atoms with Gasteiger partial charge in [0.2, 0.25) is 0 Å². The summed E-state index contributed by atoms with van der Waals surface area (Å²) in [7, 11) is 0. The second-order valence-corrected chi connectivity index (χ2v) is 8.95. The summed E-state index contributed by atoms with van der Waals surface area (Å²) in [6, 6.07) is 0. The van der Waals surface area contributed by atoms with Gasteiger partial charge in [-0.25, -0.2) is 0 Å². The van der Waals surface area contributed by atoms with Gasteiger partial charge in [-0.05, 0) is 49.7 Å². The molecule has 4 bridgehead atoms. The van der Waals surface area contributed by atoms with Crippen LogP contribution in [0.3, 0.4) is 0 Å². The van der Waals surface area contributed by atoms with Crippen LogP contribution < -0.4 is 0 Å². The summed E-state index contributed by atoms with van der Waals surface area (Å²) in [5.41, 5.74) is 3.10. The molecule has 0 saturated heterocycles. The molecule has 3 aliphatic heterocycles. The lowest BCUT2D eigenvalue weighted by atomic mass is 10.0. The molecule has 0 unspecified atom stereocenters. The fraction of sp³-hybridized carbons (Fsp3) is 0.692. The van der Waals surface area contributed by atoms with Gasteiger partial charge in [0.05, 0.1) is 0 Å². The molecule has 2 heteroatoms. The Morgan fingerprint density at radius 1 is 0.464 bits per heavy atom. The van der Waals surface area contributed by atoms with Crippen molar-refractivity contribution >= 4 is 0 Å². The summed E-state index contributed by atoms with van der Waals surface area (Å²) >= 11 is 0. The largest absolute Gasteiger partial charge is 0.373 e. The van der Waals surface area contributed by atoms with Gasteiger partial charge < -0.3 is 9.80 Å². The Labute approximate surface area is 174 Å². The van der Waals surface area contributed by atoms with Crippen molar-refractivity contribution in [3.8, 4) is 0 Å². The lowest BCUT2D eigenvalue weighted by Gasteiger charge is -2.24. The van der Waals surface area contributed by atoms with E-state index >= 15 is 0 Å². The first-order valence-electron chi connectivity index (χ1n) is 12.1. The van der Waals surface area contributed by atoms with Crippen molar-refractivity contribution in [1.82, 2.24) is 9.80 Å². The minimum atomic E-state index is 1.11. The third-order valence-electron chi connectivity index (χ3n) is 6.36. The summed E-state index contributed by atoms with van der Waals surface area (Å²) in [5.74, 6) is 0. The van der Waals surface area contributed by atoms with Gasteiger partial charge in [-0.3, -0.25) is 0 Å². The van der Waals surface area contributed by atoms with Crippen molar-refractivity contribution in [2.24, 2.45) is 0 Å². The maximum absolute atomic E-state index is 2.54. The van der Waals surface area contributed by atoms with Crippen LogP contribution in [0.2, 0.25) is 0 Å². The van der Waals surface area contributed by atoms with E-state index in [-0.39, 0.29) is 0 Å². The quantitative estimate of drug-likeness (QED) is 0.446. The van der Waals surface area contributed by atoms with E-state index in [1.807, 2.05) is 0 Å². The normalized spacial score (nSPS) is 24.0. The third kappa shape index (κ3) is 8.29. The molecule has 0 aromatic carbocycles. The minimum absolute atomic E-state index is 1.11. The van der Waals surface area contributed by atoms with Gasteiger partial charge in [-0.1, -0.05) is 75.7 Å². The van der Waals surface area contributed by atoms with Crippen LogP contribution in [0.1, 0.15) is 89.9 Å². The molecule has 28 heavy (non-hydrogen) atoms. The molecule has 2 nitrogen and oxygen atoms in total. The fourth-order valence-corrected chi connectivity index (χ4v) is 4.65. The zero-order chi connectivity index (χ0) is 19.3. The Balaban J connectivity index is 1.43. The van der Waals surface area contributed by atoms with Crippen LogP contribution in [0.25, 0.3) is 0 Å². The van der Waals surface area contributed by atoms with Crippen LogP contribution >= 0.6 is 0 Å². The molecule has 0 N–H and O–H groups in total. The topological polar surface area (TPSA) is 6.48 Å². The Hall–Kier alpha value is -1.44. The summed E-state index contributed by atoms with van der Waals surface area (Å²) in [5, 5.41) is 0. The Bertz CT molecular complexity index is 505. The van der Waals surface area contributed by atoms with Crippen LogP contribution in [0.4, 0.5) is 0 Å². The van der Waals surface area contributed by atoms with Gasteiger partial charge in [0.15, 0.2) is 0 Å². The van der Waals surface area contributed by atoms with E-state index < -0.39 is 0 Å². The molecule has 0 radical (unpaired) electrons. The van der Waals surface area contributed by atoms with Gasteiger partial charge in [-0.15, -0.1) is 0 Å². The molecular weight excluding hydrogens is 340 g/mol. The summed E-state index contributed by atoms with van der Waals surface area (Å²) in [6.45, 7) is 4.70. The lowest BCUT2D eigenvalue weighted by molar-refractivity contribution is 0.384. The molecule has 0 atom stereocenters. The molecule has 0 aliphatic carbocycles. The molecule has 3 heterocycles. The van der Waals surface area contributed by atoms with Gasteiger partial charge in [0.25, 0.3) is 0 Å². The maximum atomic E-state index is 2.54. The highest BCUT2D eigenvalue weighted by Crippen LogP contribution is 2.19. The van der Waals surface area contributed by atoms with Crippen molar-refractivity contribution in [3.63, 3.8) is 0 Å². The van der Waals surface area contributed by atoms with E-state index in [0.717, 1.165) is 13.1 Å². The van der Waals surface area contributed by atoms with Crippen LogP contribution in [0, 0.1) is 0 Å². The number of hydrogen-bond donors (Lipinski definition) is 0. The zero-order valence-corrected chi connectivity index (χ0v) is 18.1. The first kappa shape index (κ1) is 21.3. The van der Waals surface area contributed by atoms with E-state index in [2.05, 4.69) is 46.5 Å². The SMILES string of the molecule is C1=CC2=CN(C1)CCCCCCCCC1=CN(CC=C1)CCCCCCCC2. The van der Waals surface area contributed by atoms with Gasteiger partial charge in [0.1, 0.15) is 0 Å². The standard InChI is InChI=1S/C26H42N2/c1-3-7-11-19-27-21-14-18-26(24-27)16-10-6-2-4-8-12-20-28-22-13-17-25(23-28)15-9-5-1/h13-14,17-18,23-24H,1-12,15-16,19-22H2. The molecule has 0 fully saturated rings. The summed E-state index contributed by atoms with van der Waals surface area (Å²) in [6.07, 6.45) is 33.5. The van der Waals surface area contributed by atoms with Gasteiger partial charge in [0, 0.05) is 38.6 Å². The van der Waals surface area contributed by atoms with E-state index in [1.54, 1.807) is 11.1 Å². The van der Waals surface area contributed by atoms with Crippen LogP contribution in [-0.4, -0.2) is 36.0 Å². The van der Waals surface area contributed by atoms with Crippen LogP contribution in [0.5, 0.6) is 0 Å². The zero-order valence-electron chi connectivity index (χ0n) is 18.1. The molecule has 0 aromatic rings. The summed E-state index contributed by atoms with van der Waals surface area (Å²) in [4.78, 5) is 5.07. The molecule has 0 saturated carbocycles. The van der Waals surface area contributed by atoms with E-state index in [4.69, 9.17) is 0 Å². The van der Waals surface area contributed by atoms with Gasteiger partial charge in [-0.2, -0.15) is 0 Å². The first-order valence-corrected chi connectivity index (χ1v) is 12.1. The van der Waals surface area contributed by atoms with Crippen molar-refractivity contribution in [2.75, 3.05) is 26.2 Å². The highest BCUT2D eigenvalue weighted by atomic mass is 15.1. The third-order valence-corrected chi connectivity index (χ3v) is 6.36. The van der Waals surface area contributed by atoms with Crippen LogP contribution in [0.15, 0.2) is 47.9 Å². The molecule has 0 amide bonds. The second-order valence-electron chi connectivity index (χ2n) is 8.95. The molecule has 0 aromatic heterocycles. The fourth-order valence-electron chi connectivity index (χ4n) is 4.65. The maximum Gasteiger partial charge on any atom is 0.0357 e. The number of hydrogen-bond acceptors (Lipinski definition) is 2. The van der Waals surface area contributed by atoms with Crippen molar-refractivity contribution in [1.29, 1.82) is 0 Å². The highest BCUT2D eigenvalue weighted by Gasteiger charge is 2.07. The Morgan fingerprint density at radius 3 is 1.32 bits per heavy atom. The van der Waals surface area contributed by atoms with Crippen molar-refractivity contribution < 1.29 is 0 Å². The van der Waals surface area contributed by atoms with Crippen LogP contribution in [-0.2, 0) is 0 Å². The Kier molecular flexibility index (Phi) is 9.81. The first-order chi connectivity index (χ1) is 13.9. The second kappa shape index (κ2) is 12.9. The Morgan fingerprint density at radius 2 is 0.857 bits per heavy atom. The molecule has 3 rings (SSSR count). The highest BCUT2D eigenvalue weighted by molar-refractivity contribution is 5.22. The van der Waals surface area contributed by atoms with E-state index in [0.29, 0.717) is 0 Å². The predicted molar refractivity (Wildman–Crippen MR) is 122 cm³/mol. The van der Waals surface area contributed by atoms with E-state index in [9.17, 15) is 0 Å². The number of fused-ring (bicyclic) bond motifs is 2. The summed E-state index contributed by atoms with van der Waals surface area (Å²) < 4.78 is 0. The molecular formula is C26H42N2. The van der Waals surface area contributed by atoms with E-state index in [1.165, 1.54) is 103 Å². The lowest BCUT2D eigenvalue weighted by Crippen LogP contribution is -2.21. The monoisotopic (exact) mass is 382 g/mol. The van der Waals surface area contributed by atoms with Gasteiger partial charge >= 0.3 is 0 Å². The average molecular weight is 383 g/mol. The molecule has 3 aliphatic rings. The van der Waals surface area contributed by atoms with Crippen molar-refractivity contribution in [3.05, 3.63) is 47.9 Å². The molecule has 156 valence electrons.